The zero-order valence-electron chi connectivity index (χ0n) is 11.9. The Balaban J connectivity index is 1.45. The molecule has 0 aliphatic heterocycles. The van der Waals surface area contributed by atoms with Crippen LogP contribution in [0.1, 0.15) is 16.3 Å². The molecule has 7 heteroatoms. The van der Waals surface area contributed by atoms with E-state index in [0.29, 0.717) is 28.8 Å². The number of benzene rings is 1. The van der Waals surface area contributed by atoms with Gasteiger partial charge in [0, 0.05) is 5.38 Å². The van der Waals surface area contributed by atoms with E-state index >= 15 is 0 Å². The first-order chi connectivity index (χ1) is 11.3. The number of rotatable bonds is 4. The molecule has 0 fully saturated rings. The van der Waals surface area contributed by atoms with Crippen molar-refractivity contribution in [2.45, 2.75) is 6.54 Å². The number of H-pyrrole nitrogens is 1. The van der Waals surface area contributed by atoms with Gasteiger partial charge in [-0.25, -0.2) is 9.97 Å². The summed E-state index contributed by atoms with van der Waals surface area (Å²) in [6, 6.07) is 11.3. The molecule has 3 heterocycles. The maximum absolute atomic E-state index is 12.2. The van der Waals surface area contributed by atoms with Crippen LogP contribution in [0.3, 0.4) is 0 Å². The van der Waals surface area contributed by atoms with Crippen LogP contribution < -0.4 is 5.32 Å². The van der Waals surface area contributed by atoms with Crippen molar-refractivity contribution in [1.29, 1.82) is 0 Å². The predicted molar refractivity (Wildman–Crippen MR) is 87.1 cm³/mol. The molecule has 0 atom stereocenters. The summed E-state index contributed by atoms with van der Waals surface area (Å²) in [4.78, 5) is 24.1. The number of fused-ring (bicyclic) bond motifs is 1. The van der Waals surface area contributed by atoms with Crippen molar-refractivity contribution in [3.8, 4) is 10.8 Å². The SMILES string of the molecule is O=C(NCc1nc2ccccc2[nH]1)c1csc(-c2ccco2)n1. The molecule has 0 radical (unpaired) electrons. The van der Waals surface area contributed by atoms with Crippen LogP contribution in [-0.4, -0.2) is 20.9 Å². The Kier molecular flexibility index (Phi) is 3.39. The molecule has 0 saturated heterocycles. The molecule has 2 N–H and O–H groups in total. The highest BCUT2D eigenvalue weighted by Crippen LogP contribution is 2.23. The minimum Gasteiger partial charge on any atom is -0.462 e. The number of furan rings is 1. The van der Waals surface area contributed by atoms with Gasteiger partial charge in [0.15, 0.2) is 10.8 Å². The average molecular weight is 324 g/mol. The second-order valence-electron chi connectivity index (χ2n) is 4.90. The number of hydrogen-bond donors (Lipinski definition) is 2. The molecule has 23 heavy (non-hydrogen) atoms. The van der Waals surface area contributed by atoms with Gasteiger partial charge in [-0.05, 0) is 24.3 Å². The molecule has 4 rings (SSSR count). The average Bonchev–Trinajstić information content (AvgIpc) is 3.31. The topological polar surface area (TPSA) is 83.8 Å². The summed E-state index contributed by atoms with van der Waals surface area (Å²) in [5.41, 5.74) is 2.20. The number of hydrogen-bond acceptors (Lipinski definition) is 5. The Morgan fingerprint density at radius 1 is 1.22 bits per heavy atom. The standard InChI is InChI=1S/C16H12N4O2S/c21-15(12-9-23-16(20-12)13-6-3-7-22-13)17-8-14-18-10-4-1-2-5-11(10)19-14/h1-7,9H,8H2,(H,17,21)(H,18,19). The monoisotopic (exact) mass is 324 g/mol. The molecule has 0 aliphatic rings. The minimum atomic E-state index is -0.237. The van der Waals surface area contributed by atoms with Crippen LogP contribution in [0.5, 0.6) is 0 Å². The second kappa shape index (κ2) is 5.69. The molecule has 3 aromatic heterocycles. The molecule has 1 amide bonds. The number of para-hydroxylation sites is 2. The van der Waals surface area contributed by atoms with Crippen LogP contribution in [0.2, 0.25) is 0 Å². The number of aromatic amines is 1. The van der Waals surface area contributed by atoms with E-state index in [0.717, 1.165) is 11.0 Å². The highest BCUT2D eigenvalue weighted by molar-refractivity contribution is 7.13. The maximum atomic E-state index is 12.2. The van der Waals surface area contributed by atoms with Crippen LogP contribution in [0.4, 0.5) is 0 Å². The molecular weight excluding hydrogens is 312 g/mol. The summed E-state index contributed by atoms with van der Waals surface area (Å²) < 4.78 is 5.28. The number of aromatic nitrogens is 3. The Morgan fingerprint density at radius 3 is 2.96 bits per heavy atom. The van der Waals surface area contributed by atoms with Crippen LogP contribution in [0.25, 0.3) is 21.8 Å². The molecule has 1 aromatic carbocycles. The van der Waals surface area contributed by atoms with Crippen LogP contribution in [0, 0.1) is 0 Å². The predicted octanol–water partition coefficient (Wildman–Crippen LogP) is 3.21. The van der Waals surface area contributed by atoms with Crippen molar-refractivity contribution in [2.24, 2.45) is 0 Å². The lowest BCUT2D eigenvalue weighted by Crippen LogP contribution is -2.23. The lowest BCUT2D eigenvalue weighted by Gasteiger charge is -1.99. The van der Waals surface area contributed by atoms with E-state index in [2.05, 4.69) is 20.3 Å². The number of amides is 1. The largest absolute Gasteiger partial charge is 0.462 e. The van der Waals surface area contributed by atoms with Gasteiger partial charge in [0.2, 0.25) is 0 Å². The number of imidazole rings is 1. The maximum Gasteiger partial charge on any atom is 0.271 e. The van der Waals surface area contributed by atoms with Gasteiger partial charge in [0.05, 0.1) is 23.8 Å². The first-order valence-corrected chi connectivity index (χ1v) is 7.89. The van der Waals surface area contributed by atoms with E-state index in [1.807, 2.05) is 30.3 Å². The van der Waals surface area contributed by atoms with E-state index < -0.39 is 0 Å². The Labute approximate surface area is 135 Å². The van der Waals surface area contributed by atoms with Gasteiger partial charge in [-0.2, -0.15) is 0 Å². The minimum absolute atomic E-state index is 0.237. The van der Waals surface area contributed by atoms with E-state index in [4.69, 9.17) is 4.42 Å². The third-order valence-corrected chi connectivity index (χ3v) is 4.18. The Morgan fingerprint density at radius 2 is 2.13 bits per heavy atom. The zero-order valence-corrected chi connectivity index (χ0v) is 12.8. The normalized spacial score (nSPS) is 11.0. The summed E-state index contributed by atoms with van der Waals surface area (Å²) in [6.07, 6.45) is 1.58. The van der Waals surface area contributed by atoms with E-state index in [1.165, 1.54) is 11.3 Å². The summed E-state index contributed by atoms with van der Waals surface area (Å²) in [5, 5.41) is 5.21. The first-order valence-electron chi connectivity index (χ1n) is 7.01. The Hall–Kier alpha value is -2.93. The summed E-state index contributed by atoms with van der Waals surface area (Å²) >= 11 is 1.37. The second-order valence-corrected chi connectivity index (χ2v) is 5.76. The van der Waals surface area contributed by atoms with Crippen molar-refractivity contribution in [1.82, 2.24) is 20.3 Å². The van der Waals surface area contributed by atoms with Gasteiger partial charge in [0.25, 0.3) is 5.91 Å². The van der Waals surface area contributed by atoms with Crippen molar-refractivity contribution < 1.29 is 9.21 Å². The molecule has 4 aromatic rings. The fourth-order valence-electron chi connectivity index (χ4n) is 2.24. The van der Waals surface area contributed by atoms with Crippen LogP contribution in [0.15, 0.2) is 52.5 Å². The number of carbonyl (C=O) groups is 1. The van der Waals surface area contributed by atoms with Gasteiger partial charge in [-0.3, -0.25) is 4.79 Å². The molecule has 114 valence electrons. The molecular formula is C16H12N4O2S. The molecule has 0 saturated carbocycles. The summed E-state index contributed by atoms with van der Waals surface area (Å²) in [7, 11) is 0. The van der Waals surface area contributed by atoms with Gasteiger partial charge >= 0.3 is 0 Å². The van der Waals surface area contributed by atoms with Crippen LogP contribution in [-0.2, 0) is 6.54 Å². The first kappa shape index (κ1) is 13.7. The Bertz CT molecular complexity index is 922. The van der Waals surface area contributed by atoms with E-state index in [-0.39, 0.29) is 5.91 Å². The smallest absolute Gasteiger partial charge is 0.271 e. The molecule has 0 spiro atoms. The summed E-state index contributed by atoms with van der Waals surface area (Å²) in [6.45, 7) is 0.321. The van der Waals surface area contributed by atoms with Gasteiger partial charge in [-0.15, -0.1) is 11.3 Å². The van der Waals surface area contributed by atoms with E-state index in [9.17, 15) is 4.79 Å². The fraction of sp³-hybridized carbons (Fsp3) is 0.0625. The molecule has 0 aliphatic carbocycles. The van der Waals surface area contributed by atoms with Gasteiger partial charge in [0.1, 0.15) is 11.5 Å². The quantitative estimate of drug-likeness (QED) is 0.604. The highest BCUT2D eigenvalue weighted by atomic mass is 32.1. The molecule has 0 bridgehead atoms. The van der Waals surface area contributed by atoms with Crippen molar-refractivity contribution in [3.63, 3.8) is 0 Å². The molecule has 6 nitrogen and oxygen atoms in total. The van der Waals surface area contributed by atoms with Crippen molar-refractivity contribution in [3.05, 3.63) is 59.6 Å². The van der Waals surface area contributed by atoms with Crippen molar-refractivity contribution in [2.75, 3.05) is 0 Å². The number of thiazole rings is 1. The third-order valence-electron chi connectivity index (χ3n) is 3.32. The summed E-state index contributed by atoms with van der Waals surface area (Å²) in [5.74, 6) is 1.13. The van der Waals surface area contributed by atoms with Crippen molar-refractivity contribution >= 4 is 28.3 Å². The third kappa shape index (κ3) is 2.74. The zero-order chi connectivity index (χ0) is 15.6. The fourth-order valence-corrected chi connectivity index (χ4v) is 3.00. The van der Waals surface area contributed by atoms with E-state index in [1.54, 1.807) is 17.7 Å². The molecule has 0 unspecified atom stereocenters. The number of carbonyl (C=O) groups excluding carboxylic acids is 1. The number of nitrogens with zero attached hydrogens (tertiary/aromatic N) is 2. The van der Waals surface area contributed by atoms with Crippen LogP contribution >= 0.6 is 11.3 Å². The lowest BCUT2D eigenvalue weighted by atomic mass is 10.3. The highest BCUT2D eigenvalue weighted by Gasteiger charge is 2.13. The number of nitrogens with one attached hydrogen (secondary N) is 2. The lowest BCUT2D eigenvalue weighted by molar-refractivity contribution is 0.0946. The van der Waals surface area contributed by atoms with Gasteiger partial charge in [-0.1, -0.05) is 12.1 Å². The van der Waals surface area contributed by atoms with Gasteiger partial charge < -0.3 is 14.7 Å².